The highest BCUT2D eigenvalue weighted by molar-refractivity contribution is 6.64. The lowest BCUT2D eigenvalue weighted by Crippen LogP contribution is -2.25. The van der Waals surface area contributed by atoms with Gasteiger partial charge in [-0.25, -0.2) is 4.79 Å². The van der Waals surface area contributed by atoms with Crippen molar-refractivity contribution >= 4 is 17.5 Å². The standard InChI is InChI=1S/C16H19NO4/c1-3-4-6-11-14(18)15(16(19)20-2)17-21-12-13-9-7-5-8-10-13/h3,5,7-10H,1,4,6,11-12H2,2H3/b17-15+. The zero-order valence-corrected chi connectivity index (χ0v) is 12.1. The summed E-state index contributed by atoms with van der Waals surface area (Å²) in [6.07, 6.45) is 3.23. The maximum atomic E-state index is 11.9. The van der Waals surface area contributed by atoms with Crippen molar-refractivity contribution in [2.75, 3.05) is 7.11 Å². The fraction of sp³-hybridized carbons (Fsp3) is 0.312. The summed E-state index contributed by atoms with van der Waals surface area (Å²) >= 11 is 0. The summed E-state index contributed by atoms with van der Waals surface area (Å²) in [7, 11) is 1.20. The smallest absolute Gasteiger partial charge is 0.363 e. The topological polar surface area (TPSA) is 65.0 Å². The summed E-state index contributed by atoms with van der Waals surface area (Å²) in [6.45, 7) is 3.76. The van der Waals surface area contributed by atoms with Gasteiger partial charge in [0.1, 0.15) is 6.61 Å². The number of ether oxygens (including phenoxy) is 1. The van der Waals surface area contributed by atoms with Crippen LogP contribution in [-0.4, -0.2) is 24.6 Å². The second kappa shape index (κ2) is 9.47. The third kappa shape index (κ3) is 6.03. The lowest BCUT2D eigenvalue weighted by Gasteiger charge is -2.04. The minimum absolute atomic E-state index is 0.182. The van der Waals surface area contributed by atoms with Gasteiger partial charge in [-0.15, -0.1) is 6.58 Å². The SMILES string of the molecule is C=CCCCC(=O)/C(=N\OCc1ccccc1)C(=O)OC. The van der Waals surface area contributed by atoms with E-state index in [9.17, 15) is 9.59 Å². The Morgan fingerprint density at radius 2 is 2.00 bits per heavy atom. The highest BCUT2D eigenvalue weighted by Gasteiger charge is 2.21. The van der Waals surface area contributed by atoms with E-state index in [0.29, 0.717) is 12.8 Å². The lowest BCUT2D eigenvalue weighted by atomic mass is 10.1. The third-order valence-electron chi connectivity index (χ3n) is 2.68. The summed E-state index contributed by atoms with van der Waals surface area (Å²) in [4.78, 5) is 28.5. The van der Waals surface area contributed by atoms with Crippen LogP contribution >= 0.6 is 0 Å². The zero-order chi connectivity index (χ0) is 15.5. The molecule has 5 heteroatoms. The number of methoxy groups -OCH3 is 1. The molecular formula is C16H19NO4. The number of allylic oxidation sites excluding steroid dienone is 1. The van der Waals surface area contributed by atoms with Gasteiger partial charge in [0.15, 0.2) is 5.78 Å². The van der Waals surface area contributed by atoms with Crippen LogP contribution in [0, 0.1) is 0 Å². The van der Waals surface area contributed by atoms with Crippen LogP contribution in [0.4, 0.5) is 0 Å². The molecular weight excluding hydrogens is 270 g/mol. The number of rotatable bonds is 9. The molecule has 0 aromatic heterocycles. The molecule has 0 heterocycles. The molecule has 0 aliphatic carbocycles. The molecule has 0 bridgehead atoms. The molecule has 0 amide bonds. The van der Waals surface area contributed by atoms with E-state index >= 15 is 0 Å². The molecule has 1 aromatic rings. The number of carbonyl (C=O) groups excluding carboxylic acids is 2. The number of carbonyl (C=O) groups is 2. The molecule has 21 heavy (non-hydrogen) atoms. The molecule has 5 nitrogen and oxygen atoms in total. The van der Waals surface area contributed by atoms with Crippen molar-refractivity contribution in [2.45, 2.75) is 25.9 Å². The van der Waals surface area contributed by atoms with Crippen LogP contribution < -0.4 is 0 Å². The predicted octanol–water partition coefficient (Wildman–Crippen LogP) is 2.66. The number of nitrogens with zero attached hydrogens (tertiary/aromatic N) is 1. The molecule has 0 fully saturated rings. The molecule has 112 valence electrons. The van der Waals surface area contributed by atoms with Gasteiger partial charge in [0, 0.05) is 6.42 Å². The van der Waals surface area contributed by atoms with E-state index in [2.05, 4.69) is 16.5 Å². The molecule has 0 atom stereocenters. The summed E-state index contributed by atoms with van der Waals surface area (Å²) in [5.74, 6) is -1.18. The molecule has 1 rings (SSSR count). The first-order chi connectivity index (χ1) is 10.2. The summed E-state index contributed by atoms with van der Waals surface area (Å²) in [6, 6.07) is 9.34. The van der Waals surface area contributed by atoms with Crippen LogP contribution in [0.15, 0.2) is 48.1 Å². The molecule has 1 aromatic carbocycles. The Balaban J connectivity index is 2.63. The first-order valence-corrected chi connectivity index (χ1v) is 6.65. The second-order valence-corrected chi connectivity index (χ2v) is 4.29. The molecule has 0 saturated carbocycles. The molecule has 0 aliphatic rings. The van der Waals surface area contributed by atoms with Crippen molar-refractivity contribution in [1.82, 2.24) is 0 Å². The van der Waals surface area contributed by atoms with Gasteiger partial charge in [-0.2, -0.15) is 0 Å². The number of hydrogen-bond donors (Lipinski definition) is 0. The molecule has 0 N–H and O–H groups in total. The zero-order valence-electron chi connectivity index (χ0n) is 12.1. The number of esters is 1. The molecule has 0 aliphatic heterocycles. The van der Waals surface area contributed by atoms with Crippen LogP contribution in [-0.2, 0) is 25.8 Å². The van der Waals surface area contributed by atoms with E-state index in [1.165, 1.54) is 7.11 Å². The Hall–Kier alpha value is -2.43. The number of Topliss-reactive ketones (excluding diaryl/α,β-unsaturated/α-hetero) is 1. The Bertz CT molecular complexity index is 508. The van der Waals surface area contributed by atoms with Crippen molar-refractivity contribution < 1.29 is 19.2 Å². The normalized spacial score (nSPS) is 10.8. The number of oxime groups is 1. The fourth-order valence-corrected chi connectivity index (χ4v) is 1.57. The second-order valence-electron chi connectivity index (χ2n) is 4.29. The first-order valence-electron chi connectivity index (χ1n) is 6.65. The first kappa shape index (κ1) is 16.6. The maximum Gasteiger partial charge on any atom is 0.363 e. The molecule has 0 saturated heterocycles. The lowest BCUT2D eigenvalue weighted by molar-refractivity contribution is -0.133. The summed E-state index contributed by atoms with van der Waals surface area (Å²) in [5, 5.41) is 3.64. The summed E-state index contributed by atoms with van der Waals surface area (Å²) in [5.41, 5.74) is 0.585. The maximum absolute atomic E-state index is 11.9. The largest absolute Gasteiger partial charge is 0.464 e. The molecule has 0 radical (unpaired) electrons. The van der Waals surface area contributed by atoms with Gasteiger partial charge in [-0.1, -0.05) is 41.6 Å². The fourth-order valence-electron chi connectivity index (χ4n) is 1.57. The minimum atomic E-state index is -0.785. The Morgan fingerprint density at radius 3 is 2.62 bits per heavy atom. The van der Waals surface area contributed by atoms with Gasteiger partial charge in [-0.05, 0) is 18.4 Å². The van der Waals surface area contributed by atoms with Gasteiger partial charge in [0.05, 0.1) is 7.11 Å². The Labute approximate surface area is 124 Å². The van der Waals surface area contributed by atoms with Crippen molar-refractivity contribution in [3.8, 4) is 0 Å². The van der Waals surface area contributed by atoms with Crippen molar-refractivity contribution in [3.63, 3.8) is 0 Å². The van der Waals surface area contributed by atoms with E-state index in [1.54, 1.807) is 6.08 Å². The highest BCUT2D eigenvalue weighted by Crippen LogP contribution is 2.04. The average molecular weight is 289 g/mol. The Morgan fingerprint density at radius 1 is 1.29 bits per heavy atom. The van der Waals surface area contributed by atoms with Gasteiger partial charge in [0.2, 0.25) is 5.71 Å². The monoisotopic (exact) mass is 289 g/mol. The van der Waals surface area contributed by atoms with Gasteiger partial charge in [-0.3, -0.25) is 4.79 Å². The van der Waals surface area contributed by atoms with Crippen molar-refractivity contribution in [1.29, 1.82) is 0 Å². The van der Waals surface area contributed by atoms with Crippen molar-refractivity contribution in [3.05, 3.63) is 48.6 Å². The van der Waals surface area contributed by atoms with Crippen molar-refractivity contribution in [2.24, 2.45) is 5.16 Å². The van der Waals surface area contributed by atoms with Crippen LogP contribution in [0.2, 0.25) is 0 Å². The predicted molar refractivity (Wildman–Crippen MR) is 79.7 cm³/mol. The van der Waals surface area contributed by atoms with E-state index in [1.807, 2.05) is 30.3 Å². The number of benzene rings is 1. The van der Waals surface area contributed by atoms with Crippen LogP contribution in [0.25, 0.3) is 0 Å². The van der Waals surface area contributed by atoms with Gasteiger partial charge in [0.25, 0.3) is 0 Å². The number of ketones is 1. The Kier molecular flexibility index (Phi) is 7.50. The van der Waals surface area contributed by atoms with Gasteiger partial charge >= 0.3 is 5.97 Å². The number of unbranched alkanes of at least 4 members (excludes halogenated alkanes) is 1. The number of hydrogen-bond acceptors (Lipinski definition) is 5. The molecule has 0 spiro atoms. The highest BCUT2D eigenvalue weighted by atomic mass is 16.6. The quantitative estimate of drug-likeness (QED) is 0.175. The minimum Gasteiger partial charge on any atom is -0.464 e. The third-order valence-corrected chi connectivity index (χ3v) is 2.68. The van der Waals surface area contributed by atoms with Crippen LogP contribution in [0.5, 0.6) is 0 Å². The summed E-state index contributed by atoms with van der Waals surface area (Å²) < 4.78 is 4.55. The van der Waals surface area contributed by atoms with E-state index in [4.69, 9.17) is 4.84 Å². The van der Waals surface area contributed by atoms with Gasteiger partial charge < -0.3 is 9.57 Å². The van der Waals surface area contributed by atoms with E-state index < -0.39 is 11.8 Å². The van der Waals surface area contributed by atoms with E-state index in [-0.39, 0.29) is 18.7 Å². The van der Waals surface area contributed by atoms with Crippen LogP contribution in [0.1, 0.15) is 24.8 Å². The van der Waals surface area contributed by atoms with Crippen LogP contribution in [0.3, 0.4) is 0 Å². The van der Waals surface area contributed by atoms with E-state index in [0.717, 1.165) is 5.56 Å². The molecule has 0 unspecified atom stereocenters. The average Bonchev–Trinajstić information content (AvgIpc) is 2.52.